The number of ketones is 1. The number of benzene rings is 1. The van der Waals surface area contributed by atoms with Gasteiger partial charge in [0.25, 0.3) is 5.92 Å². The van der Waals surface area contributed by atoms with Gasteiger partial charge in [-0.3, -0.25) is 13.7 Å². The number of carbonyl (C=O) groups excluding carboxylic acids is 1. The average molecular weight is 509 g/mol. The molecule has 0 saturated heterocycles. The monoisotopic (exact) mass is 508 g/mol. The Labute approximate surface area is 199 Å². The van der Waals surface area contributed by atoms with E-state index in [-0.39, 0.29) is 23.5 Å². The zero-order valence-corrected chi connectivity index (χ0v) is 19.0. The molecule has 3 aromatic rings. The second kappa shape index (κ2) is 9.73. The van der Waals surface area contributed by atoms with Gasteiger partial charge in [-0.1, -0.05) is 30.3 Å². The maximum Gasteiger partial charge on any atom is 0.333 e. The number of nitrogens with one attached hydrogen (secondary N) is 1. The lowest BCUT2D eigenvalue weighted by molar-refractivity contribution is -0.106. The molecule has 0 unspecified atom stereocenters. The van der Waals surface area contributed by atoms with Gasteiger partial charge in [0, 0.05) is 18.3 Å². The molecule has 0 radical (unpaired) electrons. The van der Waals surface area contributed by atoms with Crippen molar-refractivity contribution in [2.24, 2.45) is 11.1 Å². The molecule has 0 aliphatic heterocycles. The summed E-state index contributed by atoms with van der Waals surface area (Å²) >= 11 is 0. The van der Waals surface area contributed by atoms with Crippen molar-refractivity contribution < 1.29 is 31.3 Å². The van der Waals surface area contributed by atoms with Crippen LogP contribution in [0.2, 0.25) is 0 Å². The largest absolute Gasteiger partial charge is 0.386 e. The highest BCUT2D eigenvalue weighted by Gasteiger charge is 2.57. The Morgan fingerprint density at radius 1 is 1.29 bits per heavy atom. The van der Waals surface area contributed by atoms with E-state index in [1.54, 1.807) is 10.9 Å². The van der Waals surface area contributed by atoms with Crippen molar-refractivity contribution in [1.82, 2.24) is 19.7 Å². The third-order valence-corrected chi connectivity index (χ3v) is 6.08. The van der Waals surface area contributed by atoms with Crippen LogP contribution in [-0.4, -0.2) is 63.7 Å². The van der Waals surface area contributed by atoms with Gasteiger partial charge in [-0.2, -0.15) is 13.5 Å². The smallest absolute Gasteiger partial charge is 0.333 e. The van der Waals surface area contributed by atoms with Crippen LogP contribution in [-0.2, 0) is 21.0 Å². The zero-order valence-electron chi connectivity index (χ0n) is 18.2. The predicted octanol–water partition coefficient (Wildman–Crippen LogP) is 0.969. The highest BCUT2D eigenvalue weighted by Crippen LogP contribution is 2.41. The number of hydrogen-bond donors (Lipinski definition) is 3. The molecule has 4 rings (SSSR count). The second-order valence-electron chi connectivity index (χ2n) is 8.09. The molecular weight excluding hydrogens is 486 g/mol. The third-order valence-electron chi connectivity index (χ3n) is 5.62. The summed E-state index contributed by atoms with van der Waals surface area (Å²) in [6.07, 6.45) is 1.32. The Morgan fingerprint density at radius 3 is 2.74 bits per heavy atom. The first kappa shape index (κ1) is 24.8. The third kappa shape index (κ3) is 5.67. The number of alkyl halides is 2. The molecule has 1 fully saturated rings. The summed E-state index contributed by atoms with van der Waals surface area (Å²) in [6.45, 7) is -0.291. The zero-order chi connectivity index (χ0) is 25.2. The fourth-order valence-corrected chi connectivity index (χ4v) is 4.23. The number of halogens is 2. The van der Waals surface area contributed by atoms with Crippen LogP contribution in [0.25, 0.3) is 0 Å². The van der Waals surface area contributed by atoms with Crippen LogP contribution in [0.1, 0.15) is 28.0 Å². The normalized spacial score (nSPS) is 21.7. The van der Waals surface area contributed by atoms with Crippen LogP contribution < -0.4 is 10.5 Å². The van der Waals surface area contributed by atoms with E-state index in [1.165, 1.54) is 12.3 Å². The van der Waals surface area contributed by atoms with E-state index in [0.717, 1.165) is 11.9 Å². The Balaban J connectivity index is 1.51. The van der Waals surface area contributed by atoms with Gasteiger partial charge in [-0.05, 0) is 18.1 Å². The molecule has 1 aromatic carbocycles. The lowest BCUT2D eigenvalue weighted by Gasteiger charge is -2.23. The van der Waals surface area contributed by atoms with Crippen LogP contribution >= 0.6 is 0 Å². The van der Waals surface area contributed by atoms with Gasteiger partial charge in [0.1, 0.15) is 23.9 Å². The molecule has 0 spiro atoms. The number of rotatable bonds is 9. The molecule has 3 atom stereocenters. The lowest BCUT2D eigenvalue weighted by atomic mass is 10.1. The minimum atomic E-state index is -4.37. The molecule has 186 valence electrons. The van der Waals surface area contributed by atoms with Crippen LogP contribution in [0.5, 0.6) is 0 Å². The fourth-order valence-electron chi connectivity index (χ4n) is 3.86. The second-order valence-corrected chi connectivity index (χ2v) is 9.31. The molecular formula is C21H22F2N6O5S. The van der Waals surface area contributed by atoms with Crippen LogP contribution in [0.3, 0.4) is 0 Å². The molecule has 1 aliphatic rings. The number of hydrogen-bond acceptors (Lipinski definition) is 9. The quantitative estimate of drug-likeness (QED) is 0.358. The summed E-state index contributed by atoms with van der Waals surface area (Å²) in [7, 11) is -4.37. The van der Waals surface area contributed by atoms with E-state index in [0.29, 0.717) is 6.54 Å². The molecule has 2 aromatic heterocycles. The van der Waals surface area contributed by atoms with Crippen molar-refractivity contribution in [1.29, 1.82) is 0 Å². The van der Waals surface area contributed by atoms with Gasteiger partial charge in [-0.15, -0.1) is 0 Å². The Morgan fingerprint density at radius 2 is 2.03 bits per heavy atom. The molecule has 0 bridgehead atoms. The number of nitrogens with two attached hydrogens (primary N) is 1. The molecule has 14 heteroatoms. The van der Waals surface area contributed by atoms with Crippen molar-refractivity contribution in [3.05, 3.63) is 71.9 Å². The molecule has 1 saturated carbocycles. The summed E-state index contributed by atoms with van der Waals surface area (Å²) in [5.41, 5.74) is 0.950. The highest BCUT2D eigenvalue weighted by molar-refractivity contribution is 7.84. The topological polar surface area (TPSA) is 162 Å². The number of aromatic nitrogens is 4. The first-order chi connectivity index (χ1) is 16.5. The van der Waals surface area contributed by atoms with E-state index < -0.39 is 46.7 Å². The molecule has 11 nitrogen and oxygen atoms in total. The fraction of sp³-hybridized carbons (Fsp3) is 0.333. The van der Waals surface area contributed by atoms with Gasteiger partial charge >= 0.3 is 10.3 Å². The predicted molar refractivity (Wildman–Crippen MR) is 119 cm³/mol. The van der Waals surface area contributed by atoms with Crippen LogP contribution in [0.15, 0.2) is 55.1 Å². The highest BCUT2D eigenvalue weighted by atomic mass is 32.2. The maximum atomic E-state index is 14.7. The van der Waals surface area contributed by atoms with Crippen molar-refractivity contribution >= 4 is 21.9 Å². The number of nitrogens with zero attached hydrogens (tertiary/aromatic N) is 4. The van der Waals surface area contributed by atoms with E-state index in [9.17, 15) is 27.1 Å². The van der Waals surface area contributed by atoms with Crippen molar-refractivity contribution in [2.75, 3.05) is 11.9 Å². The van der Waals surface area contributed by atoms with Crippen LogP contribution in [0.4, 0.5) is 14.6 Å². The summed E-state index contributed by atoms with van der Waals surface area (Å²) in [4.78, 5) is 20.8. The van der Waals surface area contributed by atoms with Crippen LogP contribution in [0, 0.1) is 5.92 Å². The minimum Gasteiger partial charge on any atom is -0.386 e. The number of carbonyl (C=O) groups is 1. The molecule has 1 aliphatic carbocycles. The van der Waals surface area contributed by atoms with Gasteiger partial charge < -0.3 is 10.4 Å². The Kier molecular flexibility index (Phi) is 6.89. The van der Waals surface area contributed by atoms with Gasteiger partial charge in [0.05, 0.1) is 24.8 Å². The lowest BCUT2D eigenvalue weighted by Crippen LogP contribution is -2.43. The molecule has 0 amide bonds. The summed E-state index contributed by atoms with van der Waals surface area (Å²) < 4.78 is 57.4. The first-order valence-corrected chi connectivity index (χ1v) is 11.9. The standard InChI is InChI=1S/C21H22F2N6O5S/c22-21(23)17(8-14(19(21)31)11-34-35(24,32)33)27-20-15(9-25-12-26-20)18(30)16-6-7-29(28-16)10-13-4-2-1-3-5-13/h1-7,9,12,14,17,19,31H,8,10-11H2,(H2,24,32,33)(H,25,26,27)/t14-,17-,19-/m1/s1. The Hall–Kier alpha value is -3.33. The van der Waals surface area contributed by atoms with E-state index in [2.05, 4.69) is 24.6 Å². The van der Waals surface area contributed by atoms with E-state index >= 15 is 0 Å². The molecule has 2 heterocycles. The van der Waals surface area contributed by atoms with Gasteiger partial charge in [0.2, 0.25) is 5.78 Å². The van der Waals surface area contributed by atoms with Gasteiger partial charge in [0.15, 0.2) is 0 Å². The SMILES string of the molecule is NS(=O)(=O)OC[C@H]1C[C@@H](Nc2ncncc2C(=O)c2ccn(Cc3ccccc3)n2)C(F)(F)[C@@H]1O. The van der Waals surface area contributed by atoms with Crippen molar-refractivity contribution in [3.63, 3.8) is 0 Å². The molecule has 4 N–H and O–H groups in total. The molecule has 35 heavy (non-hydrogen) atoms. The average Bonchev–Trinajstić information content (AvgIpc) is 3.36. The first-order valence-electron chi connectivity index (χ1n) is 10.5. The Bertz CT molecular complexity index is 1300. The summed E-state index contributed by atoms with van der Waals surface area (Å²) in [6, 6.07) is 9.30. The number of anilines is 1. The number of aliphatic hydroxyl groups is 1. The minimum absolute atomic E-state index is 0.0661. The van der Waals surface area contributed by atoms with Gasteiger partial charge in [-0.25, -0.2) is 23.9 Å². The maximum absolute atomic E-state index is 14.7. The van der Waals surface area contributed by atoms with E-state index in [4.69, 9.17) is 5.14 Å². The van der Waals surface area contributed by atoms with E-state index in [1.807, 2.05) is 30.3 Å². The number of aliphatic hydroxyl groups excluding tert-OH is 1. The van der Waals surface area contributed by atoms with Crippen molar-refractivity contribution in [2.45, 2.75) is 31.0 Å². The van der Waals surface area contributed by atoms with Crippen molar-refractivity contribution in [3.8, 4) is 0 Å². The summed E-state index contributed by atoms with van der Waals surface area (Å²) in [5, 5.41) is 21.5. The summed E-state index contributed by atoms with van der Waals surface area (Å²) in [5.74, 6) is -5.66.